The maximum Gasteiger partial charge on any atom is 0.312 e. The second-order valence-corrected chi connectivity index (χ2v) is 6.85. The van der Waals surface area contributed by atoms with Crippen molar-refractivity contribution in [3.8, 4) is 0 Å². The van der Waals surface area contributed by atoms with Gasteiger partial charge in [0.2, 0.25) is 0 Å². The molecule has 1 aliphatic rings. The molecule has 1 saturated heterocycles. The molecule has 1 aliphatic heterocycles. The summed E-state index contributed by atoms with van der Waals surface area (Å²) < 4.78 is 10.6. The smallest absolute Gasteiger partial charge is 0.312 e. The van der Waals surface area contributed by atoms with Crippen LogP contribution >= 0.6 is 0 Å². The molecule has 6 heteroatoms. The van der Waals surface area contributed by atoms with Crippen molar-refractivity contribution in [2.24, 2.45) is 5.73 Å². The van der Waals surface area contributed by atoms with Crippen molar-refractivity contribution in [1.82, 2.24) is 5.06 Å². The van der Waals surface area contributed by atoms with Gasteiger partial charge < -0.3 is 9.47 Å². The second-order valence-electron chi connectivity index (χ2n) is 6.85. The van der Waals surface area contributed by atoms with Crippen LogP contribution in [0.3, 0.4) is 0 Å². The number of esters is 1. The Hall–Kier alpha value is -1.47. The molecule has 0 radical (unpaired) electrons. The lowest BCUT2D eigenvalue weighted by Crippen LogP contribution is -2.53. The molecule has 0 spiro atoms. The SMILES string of the molecule is COCCON1CCC(N)(OC(=O)Cc2c(C)cc(C)cc2C)CC1. The largest absolute Gasteiger partial charge is 0.444 e. The fourth-order valence-electron chi connectivity index (χ4n) is 3.24. The molecule has 1 fully saturated rings. The standard InChI is InChI=1S/C19H30N2O4/c1-14-11-15(2)17(16(3)12-14)13-18(22)25-19(20)5-7-21(8-6-19)24-10-9-23-4/h11-12H,5-10,13,20H2,1-4H3. The van der Waals surface area contributed by atoms with Gasteiger partial charge in [-0.1, -0.05) is 17.7 Å². The van der Waals surface area contributed by atoms with Gasteiger partial charge in [-0.2, -0.15) is 5.06 Å². The Bertz CT molecular complexity index is 572. The lowest BCUT2D eigenvalue weighted by molar-refractivity contribution is -0.208. The number of nitrogens with zero attached hydrogens (tertiary/aromatic N) is 1. The van der Waals surface area contributed by atoms with Gasteiger partial charge in [-0.15, -0.1) is 0 Å². The average Bonchev–Trinajstić information content (AvgIpc) is 2.53. The number of hydrogen-bond acceptors (Lipinski definition) is 6. The number of hydrogen-bond donors (Lipinski definition) is 1. The number of piperidine rings is 1. The van der Waals surface area contributed by atoms with Crippen LogP contribution in [-0.4, -0.2) is 50.2 Å². The van der Waals surface area contributed by atoms with Gasteiger partial charge in [0.1, 0.15) is 0 Å². The first-order chi connectivity index (χ1) is 11.8. The molecule has 140 valence electrons. The first-order valence-electron chi connectivity index (χ1n) is 8.77. The quantitative estimate of drug-likeness (QED) is 0.461. The zero-order chi connectivity index (χ0) is 18.4. The highest BCUT2D eigenvalue weighted by atomic mass is 16.7. The van der Waals surface area contributed by atoms with Gasteiger partial charge in [0.25, 0.3) is 0 Å². The Balaban J connectivity index is 1.87. The van der Waals surface area contributed by atoms with E-state index in [0.717, 1.165) is 16.7 Å². The number of benzene rings is 1. The summed E-state index contributed by atoms with van der Waals surface area (Å²) >= 11 is 0. The molecule has 0 atom stereocenters. The van der Waals surface area contributed by atoms with Gasteiger partial charge in [-0.05, 0) is 37.5 Å². The Morgan fingerprint density at radius 3 is 2.32 bits per heavy atom. The number of carbonyl (C=O) groups is 1. The molecule has 0 bridgehead atoms. The fourth-order valence-corrected chi connectivity index (χ4v) is 3.24. The maximum atomic E-state index is 12.4. The van der Waals surface area contributed by atoms with E-state index >= 15 is 0 Å². The van der Waals surface area contributed by atoms with Crippen LogP contribution in [0.2, 0.25) is 0 Å². The minimum atomic E-state index is -0.912. The predicted octanol–water partition coefficient (Wildman–Crippen LogP) is 2.03. The third-order valence-electron chi connectivity index (χ3n) is 4.61. The van der Waals surface area contributed by atoms with E-state index in [2.05, 4.69) is 19.1 Å². The minimum Gasteiger partial charge on any atom is -0.444 e. The zero-order valence-corrected chi connectivity index (χ0v) is 15.8. The maximum absolute atomic E-state index is 12.4. The number of carbonyl (C=O) groups excluding carboxylic acids is 1. The van der Waals surface area contributed by atoms with Crippen LogP contribution in [0.4, 0.5) is 0 Å². The van der Waals surface area contributed by atoms with Gasteiger partial charge in [0, 0.05) is 33.0 Å². The number of methoxy groups -OCH3 is 1. The lowest BCUT2D eigenvalue weighted by atomic mass is 9.97. The topological polar surface area (TPSA) is 74.0 Å². The molecular weight excluding hydrogens is 320 g/mol. The van der Waals surface area contributed by atoms with Crippen molar-refractivity contribution < 1.29 is 19.1 Å². The molecule has 6 nitrogen and oxygen atoms in total. The zero-order valence-electron chi connectivity index (χ0n) is 15.8. The third kappa shape index (κ3) is 5.78. The van der Waals surface area contributed by atoms with Crippen molar-refractivity contribution in [3.05, 3.63) is 34.4 Å². The summed E-state index contributed by atoms with van der Waals surface area (Å²) in [4.78, 5) is 18.0. The Morgan fingerprint density at radius 1 is 1.16 bits per heavy atom. The summed E-state index contributed by atoms with van der Waals surface area (Å²) in [5, 5.41) is 1.85. The molecule has 1 heterocycles. The van der Waals surface area contributed by atoms with Crippen molar-refractivity contribution in [3.63, 3.8) is 0 Å². The van der Waals surface area contributed by atoms with Gasteiger partial charge in [-0.25, -0.2) is 0 Å². The van der Waals surface area contributed by atoms with E-state index < -0.39 is 5.72 Å². The van der Waals surface area contributed by atoms with E-state index in [1.807, 2.05) is 18.9 Å². The normalized spacial score (nSPS) is 17.5. The van der Waals surface area contributed by atoms with Crippen molar-refractivity contribution in [2.75, 3.05) is 33.4 Å². The Kier molecular flexibility index (Phi) is 6.95. The molecule has 2 rings (SSSR count). The lowest BCUT2D eigenvalue weighted by Gasteiger charge is -2.37. The van der Waals surface area contributed by atoms with Crippen LogP contribution in [0.1, 0.15) is 35.1 Å². The molecular formula is C19H30N2O4. The molecule has 1 aromatic carbocycles. The summed E-state index contributed by atoms with van der Waals surface area (Å²) in [6.07, 6.45) is 1.36. The highest BCUT2D eigenvalue weighted by molar-refractivity contribution is 5.74. The highest BCUT2D eigenvalue weighted by Gasteiger charge is 2.35. The molecule has 0 aromatic heterocycles. The van der Waals surface area contributed by atoms with Crippen LogP contribution in [-0.2, 0) is 25.5 Å². The van der Waals surface area contributed by atoms with Crippen LogP contribution in [0.25, 0.3) is 0 Å². The molecule has 1 aromatic rings. The molecule has 0 amide bonds. The summed E-state index contributed by atoms with van der Waals surface area (Å²) in [7, 11) is 1.64. The highest BCUT2D eigenvalue weighted by Crippen LogP contribution is 2.23. The molecule has 25 heavy (non-hydrogen) atoms. The van der Waals surface area contributed by atoms with E-state index in [1.165, 1.54) is 5.56 Å². The van der Waals surface area contributed by atoms with Crippen LogP contribution in [0, 0.1) is 20.8 Å². The van der Waals surface area contributed by atoms with Crippen molar-refractivity contribution >= 4 is 5.97 Å². The van der Waals surface area contributed by atoms with Crippen LogP contribution < -0.4 is 5.73 Å². The van der Waals surface area contributed by atoms with Crippen LogP contribution in [0.5, 0.6) is 0 Å². The van der Waals surface area contributed by atoms with E-state index in [1.54, 1.807) is 7.11 Å². The number of aryl methyl sites for hydroxylation is 3. The molecule has 2 N–H and O–H groups in total. The summed E-state index contributed by atoms with van der Waals surface area (Å²) in [6.45, 7) is 8.44. The molecule has 0 unspecified atom stereocenters. The summed E-state index contributed by atoms with van der Waals surface area (Å²) in [5.41, 5.74) is 9.82. The minimum absolute atomic E-state index is 0.255. The molecule has 0 saturated carbocycles. The number of hydroxylamine groups is 2. The van der Waals surface area contributed by atoms with Crippen LogP contribution in [0.15, 0.2) is 12.1 Å². The van der Waals surface area contributed by atoms with Gasteiger partial charge in [-0.3, -0.25) is 15.4 Å². The Labute approximate surface area is 150 Å². The summed E-state index contributed by atoms with van der Waals surface area (Å²) in [5.74, 6) is -0.272. The number of ether oxygens (including phenoxy) is 2. The van der Waals surface area contributed by atoms with E-state index in [0.29, 0.717) is 39.1 Å². The van der Waals surface area contributed by atoms with Gasteiger partial charge in [0.05, 0.1) is 19.6 Å². The first kappa shape index (κ1) is 19.8. The van der Waals surface area contributed by atoms with Gasteiger partial charge in [0.15, 0.2) is 5.72 Å². The van der Waals surface area contributed by atoms with Crippen molar-refractivity contribution in [1.29, 1.82) is 0 Å². The first-order valence-corrected chi connectivity index (χ1v) is 8.77. The van der Waals surface area contributed by atoms with Crippen molar-refractivity contribution in [2.45, 2.75) is 45.8 Å². The van der Waals surface area contributed by atoms with E-state index in [9.17, 15) is 4.79 Å². The van der Waals surface area contributed by atoms with E-state index in [-0.39, 0.29) is 12.4 Å². The predicted molar refractivity (Wildman–Crippen MR) is 96.0 cm³/mol. The third-order valence-corrected chi connectivity index (χ3v) is 4.61. The number of rotatable bonds is 7. The number of nitrogens with two attached hydrogens (primary N) is 1. The fraction of sp³-hybridized carbons (Fsp3) is 0.632. The van der Waals surface area contributed by atoms with Gasteiger partial charge >= 0.3 is 5.97 Å². The average molecular weight is 350 g/mol. The monoisotopic (exact) mass is 350 g/mol. The van der Waals surface area contributed by atoms with E-state index in [4.69, 9.17) is 20.0 Å². The Morgan fingerprint density at radius 2 is 1.76 bits per heavy atom. The molecule has 0 aliphatic carbocycles. The second kappa shape index (κ2) is 8.76. The summed E-state index contributed by atoms with van der Waals surface area (Å²) in [6, 6.07) is 4.17.